The van der Waals surface area contributed by atoms with Crippen molar-refractivity contribution >= 4 is 11.8 Å². The third-order valence-electron chi connectivity index (χ3n) is 3.16. The first-order chi connectivity index (χ1) is 8.16. The second-order valence-corrected chi connectivity index (χ2v) is 4.42. The van der Waals surface area contributed by atoms with Gasteiger partial charge in [-0.15, -0.1) is 0 Å². The van der Waals surface area contributed by atoms with Crippen molar-refractivity contribution in [3.63, 3.8) is 0 Å². The zero-order chi connectivity index (χ0) is 12.0. The second kappa shape index (κ2) is 3.65. The summed E-state index contributed by atoms with van der Waals surface area (Å²) in [5, 5.41) is 9.17. The van der Waals surface area contributed by atoms with Crippen LogP contribution >= 0.6 is 0 Å². The van der Waals surface area contributed by atoms with Crippen LogP contribution in [0.4, 0.5) is 0 Å². The number of carbonyl (C=O) groups is 2. The highest BCUT2D eigenvalue weighted by molar-refractivity contribution is 6.21. The van der Waals surface area contributed by atoms with E-state index in [1.165, 1.54) is 4.90 Å². The molecule has 2 amide bonds. The van der Waals surface area contributed by atoms with Crippen LogP contribution in [0, 0.1) is 0 Å². The fraction of sp³-hybridized carbons (Fsp3) is 0.333. The predicted octanol–water partition coefficient (Wildman–Crippen LogP) is -0.0834. The summed E-state index contributed by atoms with van der Waals surface area (Å²) in [4.78, 5) is 27.1. The van der Waals surface area contributed by atoms with E-state index in [9.17, 15) is 9.59 Å². The lowest BCUT2D eigenvalue weighted by atomic mass is 10.1. The van der Waals surface area contributed by atoms with Crippen LogP contribution in [-0.4, -0.2) is 52.6 Å². The number of β-amino-alcohol motifs (C(OH)–C–C–N with tert-alkyl or cyclic N) is 1. The smallest absolute Gasteiger partial charge is 0.262 e. The number of imide groups is 1. The van der Waals surface area contributed by atoms with Crippen molar-refractivity contribution in [3.05, 3.63) is 35.4 Å². The van der Waals surface area contributed by atoms with Gasteiger partial charge in [-0.3, -0.25) is 19.4 Å². The van der Waals surface area contributed by atoms with E-state index in [-0.39, 0.29) is 24.6 Å². The molecule has 0 unspecified atom stereocenters. The number of fused-ring (bicyclic) bond motifs is 1. The van der Waals surface area contributed by atoms with Gasteiger partial charge in [0, 0.05) is 13.1 Å². The number of rotatable bonds is 2. The van der Waals surface area contributed by atoms with Crippen LogP contribution in [0.1, 0.15) is 20.7 Å². The number of nitrogens with zero attached hydrogens (tertiary/aromatic N) is 2. The Balaban J connectivity index is 1.81. The van der Waals surface area contributed by atoms with Gasteiger partial charge in [0.1, 0.15) is 0 Å². The maximum absolute atomic E-state index is 12.0. The molecule has 1 aromatic rings. The van der Waals surface area contributed by atoms with Crippen molar-refractivity contribution in [2.45, 2.75) is 6.10 Å². The molecule has 2 heterocycles. The normalized spacial score (nSPS) is 20.6. The Morgan fingerprint density at radius 2 is 1.65 bits per heavy atom. The molecule has 0 bridgehead atoms. The third kappa shape index (κ3) is 1.55. The van der Waals surface area contributed by atoms with E-state index in [1.807, 2.05) is 4.90 Å². The largest absolute Gasteiger partial charge is 0.390 e. The van der Waals surface area contributed by atoms with Crippen molar-refractivity contribution in [2.75, 3.05) is 19.8 Å². The lowest BCUT2D eigenvalue weighted by Gasteiger charge is -2.37. The molecule has 0 radical (unpaired) electrons. The zero-order valence-electron chi connectivity index (χ0n) is 9.17. The summed E-state index contributed by atoms with van der Waals surface area (Å²) in [7, 11) is 0. The Morgan fingerprint density at radius 1 is 1.12 bits per heavy atom. The highest BCUT2D eigenvalue weighted by Crippen LogP contribution is 2.23. The summed E-state index contributed by atoms with van der Waals surface area (Å²) in [5.74, 6) is -0.487. The van der Waals surface area contributed by atoms with E-state index in [2.05, 4.69) is 0 Å². The molecule has 2 aliphatic rings. The van der Waals surface area contributed by atoms with Gasteiger partial charge in [0.15, 0.2) is 0 Å². The van der Waals surface area contributed by atoms with E-state index in [0.29, 0.717) is 24.2 Å². The van der Waals surface area contributed by atoms with Crippen LogP contribution in [0.2, 0.25) is 0 Å². The standard InChI is InChI=1S/C12H12N2O3/c15-8-5-13(6-8)7-14-11(16)9-3-1-2-4-10(9)12(14)17/h1-4,8,15H,5-7H2. The van der Waals surface area contributed by atoms with Crippen molar-refractivity contribution in [1.29, 1.82) is 0 Å². The minimum Gasteiger partial charge on any atom is -0.390 e. The Hall–Kier alpha value is -1.72. The molecule has 1 saturated heterocycles. The number of likely N-dealkylation sites (tertiary alicyclic amines) is 1. The average Bonchev–Trinajstić information content (AvgIpc) is 2.53. The Labute approximate surface area is 98.2 Å². The highest BCUT2D eigenvalue weighted by Gasteiger charge is 2.37. The fourth-order valence-electron chi connectivity index (χ4n) is 2.23. The molecule has 0 aliphatic carbocycles. The first kappa shape index (κ1) is 10.4. The number of hydrogen-bond donors (Lipinski definition) is 1. The van der Waals surface area contributed by atoms with Gasteiger partial charge in [-0.05, 0) is 12.1 Å². The van der Waals surface area contributed by atoms with Gasteiger partial charge in [-0.2, -0.15) is 0 Å². The molecule has 1 aromatic carbocycles. The summed E-state index contributed by atoms with van der Waals surface area (Å²) in [6.07, 6.45) is -0.329. The van der Waals surface area contributed by atoms with E-state index >= 15 is 0 Å². The monoisotopic (exact) mass is 232 g/mol. The molecule has 2 aliphatic heterocycles. The molecule has 0 saturated carbocycles. The van der Waals surface area contributed by atoms with Gasteiger partial charge in [0.25, 0.3) is 11.8 Å². The van der Waals surface area contributed by atoms with Crippen molar-refractivity contribution in [2.24, 2.45) is 0 Å². The van der Waals surface area contributed by atoms with Crippen LogP contribution in [0.3, 0.4) is 0 Å². The molecule has 0 aromatic heterocycles. The minimum atomic E-state index is -0.329. The summed E-state index contributed by atoms with van der Waals surface area (Å²) in [6.45, 7) is 1.31. The predicted molar refractivity (Wildman–Crippen MR) is 59.4 cm³/mol. The van der Waals surface area contributed by atoms with E-state index in [1.54, 1.807) is 24.3 Å². The summed E-state index contributed by atoms with van der Waals surface area (Å²) >= 11 is 0. The Bertz CT molecular complexity index is 459. The SMILES string of the molecule is O=C1c2ccccc2C(=O)N1CN1CC(O)C1. The maximum atomic E-state index is 12.0. The van der Waals surface area contributed by atoms with Crippen LogP contribution in [0.15, 0.2) is 24.3 Å². The van der Waals surface area contributed by atoms with E-state index in [0.717, 1.165) is 0 Å². The van der Waals surface area contributed by atoms with Gasteiger partial charge in [-0.1, -0.05) is 12.1 Å². The summed E-state index contributed by atoms with van der Waals surface area (Å²) < 4.78 is 0. The molecule has 17 heavy (non-hydrogen) atoms. The quantitative estimate of drug-likeness (QED) is 0.724. The van der Waals surface area contributed by atoms with Crippen LogP contribution in [-0.2, 0) is 0 Å². The minimum absolute atomic E-state index is 0.244. The number of aliphatic hydroxyl groups excluding tert-OH is 1. The maximum Gasteiger partial charge on any atom is 0.262 e. The molecule has 5 nitrogen and oxygen atoms in total. The summed E-state index contributed by atoms with van der Waals surface area (Å²) in [5.41, 5.74) is 0.942. The van der Waals surface area contributed by atoms with E-state index in [4.69, 9.17) is 5.11 Å². The number of hydrogen-bond acceptors (Lipinski definition) is 4. The van der Waals surface area contributed by atoms with Crippen LogP contribution < -0.4 is 0 Å². The van der Waals surface area contributed by atoms with Gasteiger partial charge in [-0.25, -0.2) is 0 Å². The van der Waals surface area contributed by atoms with E-state index < -0.39 is 0 Å². The molecule has 3 rings (SSSR count). The second-order valence-electron chi connectivity index (χ2n) is 4.42. The fourth-order valence-corrected chi connectivity index (χ4v) is 2.23. The molecule has 88 valence electrons. The molecule has 5 heteroatoms. The number of amides is 2. The van der Waals surface area contributed by atoms with Gasteiger partial charge >= 0.3 is 0 Å². The molecular formula is C12H12N2O3. The Kier molecular flexibility index (Phi) is 2.24. The number of aliphatic hydroxyl groups is 1. The molecular weight excluding hydrogens is 220 g/mol. The number of carbonyl (C=O) groups excluding carboxylic acids is 2. The van der Waals surface area contributed by atoms with Crippen LogP contribution in [0.25, 0.3) is 0 Å². The lowest BCUT2D eigenvalue weighted by Crippen LogP contribution is -2.55. The van der Waals surface area contributed by atoms with Crippen LogP contribution in [0.5, 0.6) is 0 Å². The lowest BCUT2D eigenvalue weighted by molar-refractivity contribution is -0.0211. The molecule has 1 fully saturated rings. The number of benzene rings is 1. The van der Waals surface area contributed by atoms with Crippen molar-refractivity contribution in [3.8, 4) is 0 Å². The topological polar surface area (TPSA) is 60.9 Å². The van der Waals surface area contributed by atoms with Crippen molar-refractivity contribution in [1.82, 2.24) is 9.80 Å². The van der Waals surface area contributed by atoms with Gasteiger partial charge < -0.3 is 5.11 Å². The third-order valence-corrected chi connectivity index (χ3v) is 3.16. The highest BCUT2D eigenvalue weighted by atomic mass is 16.3. The summed E-state index contributed by atoms with van der Waals surface area (Å²) in [6, 6.07) is 6.84. The molecule has 0 spiro atoms. The first-order valence-corrected chi connectivity index (χ1v) is 5.52. The van der Waals surface area contributed by atoms with Gasteiger partial charge in [0.05, 0.1) is 23.9 Å². The zero-order valence-corrected chi connectivity index (χ0v) is 9.17. The average molecular weight is 232 g/mol. The van der Waals surface area contributed by atoms with Crippen molar-refractivity contribution < 1.29 is 14.7 Å². The molecule has 1 N–H and O–H groups in total. The molecule has 0 atom stereocenters. The van der Waals surface area contributed by atoms with Gasteiger partial charge in [0.2, 0.25) is 0 Å². The first-order valence-electron chi connectivity index (χ1n) is 5.52. The Morgan fingerprint density at radius 3 is 2.12 bits per heavy atom.